The number of likely N-dealkylation sites (tertiary alicyclic amines) is 1. The maximum Gasteiger partial charge on any atom is 0.294 e. The van der Waals surface area contributed by atoms with Crippen LogP contribution in [0.25, 0.3) is 17.0 Å². The maximum absolute atomic E-state index is 13.0. The van der Waals surface area contributed by atoms with Gasteiger partial charge in [0, 0.05) is 46.5 Å². The normalized spacial score (nSPS) is 17.0. The van der Waals surface area contributed by atoms with Crippen molar-refractivity contribution in [2.45, 2.75) is 19.4 Å². The summed E-state index contributed by atoms with van der Waals surface area (Å²) in [4.78, 5) is 53.6. The molecule has 0 atom stereocenters. The van der Waals surface area contributed by atoms with Gasteiger partial charge in [-0.15, -0.1) is 0 Å². The molecule has 3 aromatic rings. The highest BCUT2D eigenvalue weighted by atomic mass is 35.5. The van der Waals surface area contributed by atoms with E-state index in [2.05, 4.69) is 5.32 Å². The summed E-state index contributed by atoms with van der Waals surface area (Å²) in [6.07, 6.45) is 5.32. The van der Waals surface area contributed by atoms with Crippen molar-refractivity contribution >= 4 is 69.0 Å². The first-order chi connectivity index (χ1) is 17.4. The first-order valence-corrected chi connectivity index (χ1v) is 12.7. The van der Waals surface area contributed by atoms with Gasteiger partial charge in [0.1, 0.15) is 13.1 Å². The number of carbonyl (C=O) groups excluding carboxylic acids is 4. The molecule has 2 saturated heterocycles. The molecule has 3 heterocycles. The van der Waals surface area contributed by atoms with Crippen LogP contribution in [-0.4, -0.2) is 57.0 Å². The van der Waals surface area contributed by atoms with Crippen molar-refractivity contribution in [3.8, 4) is 0 Å². The Hall–Kier alpha value is -3.56. The molecule has 0 radical (unpaired) electrons. The molecule has 1 aromatic heterocycles. The summed E-state index contributed by atoms with van der Waals surface area (Å²) in [5.41, 5.74) is 2.16. The van der Waals surface area contributed by atoms with Gasteiger partial charge in [0.2, 0.25) is 11.8 Å². The van der Waals surface area contributed by atoms with E-state index in [1.54, 1.807) is 46.0 Å². The molecule has 10 heteroatoms. The zero-order valence-corrected chi connectivity index (χ0v) is 20.8. The lowest BCUT2D eigenvalue weighted by atomic mass is 10.1. The number of hydrogen-bond donors (Lipinski definition) is 1. The highest BCUT2D eigenvalue weighted by Gasteiger charge is 2.37. The molecule has 0 bridgehead atoms. The second-order valence-electron chi connectivity index (χ2n) is 8.64. The standard InChI is InChI=1S/C26H23ClN4O4S/c27-18-7-9-19(10-8-18)28-23(32)15-30-14-17(20-5-1-2-6-21(20)30)13-22-25(34)31(26(35)36-22)16-24(33)29-11-3-4-12-29/h1-2,5-10,13-14H,3-4,11-12,15-16H2,(H,28,32)/b22-13+. The second kappa shape index (κ2) is 10.2. The number of amides is 4. The fourth-order valence-corrected chi connectivity index (χ4v) is 5.34. The molecule has 2 aliphatic rings. The predicted octanol–water partition coefficient (Wildman–Crippen LogP) is 4.59. The van der Waals surface area contributed by atoms with Crippen molar-refractivity contribution in [2.75, 3.05) is 25.0 Å². The molecule has 2 fully saturated rings. The van der Waals surface area contributed by atoms with Gasteiger partial charge in [0.05, 0.1) is 4.91 Å². The number of nitrogens with one attached hydrogen (secondary N) is 1. The molecule has 0 aliphatic carbocycles. The average Bonchev–Trinajstić information content (AvgIpc) is 3.58. The lowest BCUT2D eigenvalue weighted by Crippen LogP contribution is -2.40. The molecule has 2 aliphatic heterocycles. The Kier molecular flexibility index (Phi) is 6.84. The van der Waals surface area contributed by atoms with Crippen LogP contribution in [0.15, 0.2) is 59.6 Å². The molecule has 2 aromatic carbocycles. The zero-order chi connectivity index (χ0) is 25.2. The van der Waals surface area contributed by atoms with Gasteiger partial charge in [-0.2, -0.15) is 0 Å². The van der Waals surface area contributed by atoms with Gasteiger partial charge in [0.15, 0.2) is 0 Å². The number of imide groups is 1. The Morgan fingerprint density at radius 1 is 1.00 bits per heavy atom. The van der Waals surface area contributed by atoms with Crippen LogP contribution >= 0.6 is 23.4 Å². The van der Waals surface area contributed by atoms with Gasteiger partial charge in [-0.25, -0.2) is 0 Å². The number of aromatic nitrogens is 1. The number of nitrogens with zero attached hydrogens (tertiary/aromatic N) is 3. The minimum absolute atomic E-state index is 0.0583. The third-order valence-electron chi connectivity index (χ3n) is 6.17. The molecule has 8 nitrogen and oxygen atoms in total. The van der Waals surface area contributed by atoms with Crippen molar-refractivity contribution in [1.82, 2.24) is 14.4 Å². The second-order valence-corrected chi connectivity index (χ2v) is 10.1. The molecular weight excluding hydrogens is 500 g/mol. The number of anilines is 1. The van der Waals surface area contributed by atoms with Crippen molar-refractivity contribution in [3.05, 3.63) is 70.2 Å². The Bertz CT molecular complexity index is 1390. The van der Waals surface area contributed by atoms with Gasteiger partial charge in [-0.1, -0.05) is 29.8 Å². The fraction of sp³-hybridized carbons (Fsp3) is 0.231. The fourth-order valence-electron chi connectivity index (χ4n) is 4.39. The van der Waals surface area contributed by atoms with E-state index in [-0.39, 0.29) is 29.8 Å². The Balaban J connectivity index is 1.35. The highest BCUT2D eigenvalue weighted by Crippen LogP contribution is 2.34. The molecule has 0 spiro atoms. The van der Waals surface area contributed by atoms with Gasteiger partial charge >= 0.3 is 0 Å². The third-order valence-corrected chi connectivity index (χ3v) is 7.33. The number of benzene rings is 2. The van der Waals surface area contributed by atoms with Crippen LogP contribution in [-0.2, 0) is 20.9 Å². The Labute approximate surface area is 216 Å². The van der Waals surface area contributed by atoms with Crippen molar-refractivity contribution in [2.24, 2.45) is 0 Å². The number of halogens is 1. The van der Waals surface area contributed by atoms with E-state index in [0.717, 1.165) is 40.4 Å². The van der Waals surface area contributed by atoms with Crippen LogP contribution in [0.1, 0.15) is 18.4 Å². The number of hydrogen-bond acceptors (Lipinski definition) is 5. The lowest BCUT2D eigenvalue weighted by molar-refractivity contribution is -0.135. The summed E-state index contributed by atoms with van der Waals surface area (Å²) in [7, 11) is 0. The molecule has 36 heavy (non-hydrogen) atoms. The number of thioether (sulfide) groups is 1. The summed E-state index contributed by atoms with van der Waals surface area (Å²) in [5.74, 6) is -0.903. The SMILES string of the molecule is O=C(Cn1cc(/C=C2/SC(=O)N(CC(=O)N3CCCC3)C2=O)c2ccccc21)Nc1ccc(Cl)cc1. The van der Waals surface area contributed by atoms with E-state index in [1.165, 1.54) is 0 Å². The van der Waals surface area contributed by atoms with E-state index < -0.39 is 11.1 Å². The minimum Gasteiger partial charge on any atom is -0.341 e. The van der Waals surface area contributed by atoms with E-state index >= 15 is 0 Å². The maximum atomic E-state index is 13.0. The Morgan fingerprint density at radius 3 is 2.47 bits per heavy atom. The summed E-state index contributed by atoms with van der Waals surface area (Å²) in [6.45, 7) is 1.14. The highest BCUT2D eigenvalue weighted by molar-refractivity contribution is 8.18. The van der Waals surface area contributed by atoms with Crippen LogP contribution < -0.4 is 5.32 Å². The van der Waals surface area contributed by atoms with Gasteiger partial charge in [0.25, 0.3) is 11.1 Å². The van der Waals surface area contributed by atoms with E-state index in [9.17, 15) is 19.2 Å². The van der Waals surface area contributed by atoms with Crippen LogP contribution in [0.5, 0.6) is 0 Å². The zero-order valence-electron chi connectivity index (χ0n) is 19.3. The molecule has 0 unspecified atom stereocenters. The number of carbonyl (C=O) groups is 4. The number of para-hydroxylation sites is 1. The monoisotopic (exact) mass is 522 g/mol. The van der Waals surface area contributed by atoms with Gasteiger partial charge in [-0.3, -0.25) is 24.1 Å². The Morgan fingerprint density at radius 2 is 1.72 bits per heavy atom. The van der Waals surface area contributed by atoms with Crippen LogP contribution in [0.2, 0.25) is 5.02 Å². The van der Waals surface area contributed by atoms with Crippen molar-refractivity contribution in [1.29, 1.82) is 0 Å². The van der Waals surface area contributed by atoms with Crippen LogP contribution in [0.3, 0.4) is 0 Å². The van der Waals surface area contributed by atoms with Gasteiger partial charge in [-0.05, 0) is 61.0 Å². The molecule has 1 N–H and O–H groups in total. The largest absolute Gasteiger partial charge is 0.341 e. The van der Waals surface area contributed by atoms with E-state index in [0.29, 0.717) is 29.4 Å². The lowest BCUT2D eigenvalue weighted by Gasteiger charge is -2.18. The van der Waals surface area contributed by atoms with Crippen molar-refractivity contribution in [3.63, 3.8) is 0 Å². The molecule has 0 saturated carbocycles. The molecule has 5 rings (SSSR count). The van der Waals surface area contributed by atoms with Gasteiger partial charge < -0.3 is 14.8 Å². The quantitative estimate of drug-likeness (QED) is 0.478. The number of fused-ring (bicyclic) bond motifs is 1. The van der Waals surface area contributed by atoms with Crippen LogP contribution in [0.4, 0.5) is 10.5 Å². The average molecular weight is 523 g/mol. The summed E-state index contributed by atoms with van der Waals surface area (Å²) in [5, 5.41) is 3.82. The van der Waals surface area contributed by atoms with Crippen molar-refractivity contribution < 1.29 is 19.2 Å². The molecule has 4 amide bonds. The predicted molar refractivity (Wildman–Crippen MR) is 141 cm³/mol. The molecule has 184 valence electrons. The minimum atomic E-state index is -0.477. The van der Waals surface area contributed by atoms with Crippen LogP contribution in [0, 0.1) is 0 Å². The summed E-state index contributed by atoms with van der Waals surface area (Å²) in [6, 6.07) is 14.4. The first kappa shape index (κ1) is 24.1. The molecular formula is C26H23ClN4O4S. The van der Waals surface area contributed by atoms with E-state index in [4.69, 9.17) is 11.6 Å². The summed E-state index contributed by atoms with van der Waals surface area (Å²) >= 11 is 6.73. The first-order valence-electron chi connectivity index (χ1n) is 11.6. The third kappa shape index (κ3) is 5.03. The summed E-state index contributed by atoms with van der Waals surface area (Å²) < 4.78 is 1.80. The smallest absolute Gasteiger partial charge is 0.294 e. The van der Waals surface area contributed by atoms with E-state index in [1.807, 2.05) is 24.3 Å². The topological polar surface area (TPSA) is 91.7 Å². The number of rotatable bonds is 6.